The van der Waals surface area contributed by atoms with Gasteiger partial charge in [-0.2, -0.15) is 0 Å². The number of ether oxygens (including phenoxy) is 1. The van der Waals surface area contributed by atoms with Crippen LogP contribution >= 0.6 is 35.1 Å². The van der Waals surface area contributed by atoms with Crippen molar-refractivity contribution in [1.82, 2.24) is 15.0 Å². The van der Waals surface area contributed by atoms with Gasteiger partial charge in [0.2, 0.25) is 0 Å². The van der Waals surface area contributed by atoms with Gasteiger partial charge in [-0.05, 0) is 6.92 Å². The van der Waals surface area contributed by atoms with Gasteiger partial charge in [-0.3, -0.25) is 4.79 Å². The number of carbonyl (C=O) groups excluding carboxylic acids is 2. The second-order valence-electron chi connectivity index (χ2n) is 4.13. The lowest BCUT2D eigenvalue weighted by Crippen LogP contribution is -2.13. The molecule has 0 unspecified atom stereocenters. The van der Waals surface area contributed by atoms with Gasteiger partial charge in [0.15, 0.2) is 23.6 Å². The summed E-state index contributed by atoms with van der Waals surface area (Å²) >= 11 is 2.82. The van der Waals surface area contributed by atoms with Crippen LogP contribution in [0.25, 0.3) is 11.5 Å². The lowest BCUT2D eigenvalue weighted by molar-refractivity contribution is 0.0520. The normalized spacial score (nSPS) is 9.52. The van der Waals surface area contributed by atoms with E-state index in [2.05, 4.69) is 15.0 Å². The first-order valence-electron chi connectivity index (χ1n) is 6.78. The van der Waals surface area contributed by atoms with Gasteiger partial charge in [-0.25, -0.2) is 19.7 Å². The molecule has 0 aliphatic rings. The molecule has 134 valence electrons. The summed E-state index contributed by atoms with van der Waals surface area (Å²) in [6.07, 6.45) is 1.21. The zero-order chi connectivity index (χ0) is 17.4. The molecule has 3 heterocycles. The molecule has 0 amide bonds. The second-order valence-corrected chi connectivity index (χ2v) is 5.56. The van der Waals surface area contributed by atoms with E-state index in [-0.39, 0.29) is 30.4 Å². The molecule has 0 spiro atoms. The predicted octanol–water partition coefficient (Wildman–Crippen LogP) is 2.68. The summed E-state index contributed by atoms with van der Waals surface area (Å²) in [6.45, 7) is 2.09. The molecule has 0 radical (unpaired) electrons. The fourth-order valence-electron chi connectivity index (χ4n) is 1.55. The molecule has 0 bridgehead atoms. The molecular weight excluding hydrogens is 388 g/mol. The third-order valence-electron chi connectivity index (χ3n) is 2.60. The van der Waals surface area contributed by atoms with Gasteiger partial charge in [-0.1, -0.05) is 0 Å². The van der Waals surface area contributed by atoms with E-state index < -0.39 is 5.97 Å². The van der Waals surface area contributed by atoms with Crippen LogP contribution in [-0.2, 0) is 4.74 Å². The van der Waals surface area contributed by atoms with Gasteiger partial charge in [0.25, 0.3) is 0 Å². The number of oxazole rings is 1. The van der Waals surface area contributed by atoms with Crippen molar-refractivity contribution >= 4 is 46.8 Å². The van der Waals surface area contributed by atoms with Crippen LogP contribution in [0.1, 0.15) is 27.9 Å². The number of aromatic nitrogens is 3. The highest BCUT2D eigenvalue weighted by atomic mass is 35.5. The molecule has 0 aliphatic heterocycles. The summed E-state index contributed by atoms with van der Waals surface area (Å²) < 4.78 is 9.95. The number of carbonyl (C=O) groups is 2. The van der Waals surface area contributed by atoms with Crippen molar-refractivity contribution in [1.29, 1.82) is 0 Å². The smallest absolute Gasteiger partial charge is 0.361 e. The van der Waals surface area contributed by atoms with Crippen molar-refractivity contribution in [2.75, 3.05) is 13.2 Å². The number of hydrogen-bond acceptors (Lipinski definition) is 10. The molecular formula is C14H15ClN4O4S2. The molecule has 0 aromatic carbocycles. The highest BCUT2D eigenvalue weighted by Crippen LogP contribution is 2.23. The van der Waals surface area contributed by atoms with Crippen molar-refractivity contribution in [2.45, 2.75) is 6.92 Å². The van der Waals surface area contributed by atoms with E-state index in [1.807, 2.05) is 0 Å². The minimum atomic E-state index is -0.491. The van der Waals surface area contributed by atoms with E-state index in [1.165, 1.54) is 29.1 Å². The van der Waals surface area contributed by atoms with Crippen LogP contribution in [0.15, 0.2) is 32.6 Å². The fraction of sp³-hybridized carbons (Fsp3) is 0.214. The number of nitrogens with zero attached hydrogens (tertiary/aromatic N) is 3. The maximum absolute atomic E-state index is 11.5. The van der Waals surface area contributed by atoms with Crippen molar-refractivity contribution in [3.63, 3.8) is 0 Å². The van der Waals surface area contributed by atoms with E-state index in [0.717, 1.165) is 0 Å². The van der Waals surface area contributed by atoms with Crippen LogP contribution in [0.2, 0.25) is 0 Å². The summed E-state index contributed by atoms with van der Waals surface area (Å²) in [4.78, 5) is 33.8. The Labute approximate surface area is 157 Å². The molecule has 0 saturated carbocycles. The first-order valence-corrected chi connectivity index (χ1v) is 8.66. The molecule has 11 heteroatoms. The fourth-order valence-corrected chi connectivity index (χ4v) is 2.64. The van der Waals surface area contributed by atoms with Crippen LogP contribution < -0.4 is 5.73 Å². The minimum Gasteiger partial charge on any atom is -0.461 e. The molecule has 8 nitrogen and oxygen atoms in total. The standard InChI is InChI=1S/C9H8N2O3S.C5H6N2OS.ClH/c1-2-13-9(12)7-8(14-4-10-7)6-3-15-5-11-6;6-1-5(8)4-2-9-3-7-4;/h3-5H,2H2,1H3;2-3H,1,6H2;1H. The van der Waals surface area contributed by atoms with E-state index in [1.54, 1.807) is 28.7 Å². The molecule has 3 rings (SSSR count). The van der Waals surface area contributed by atoms with Crippen molar-refractivity contribution in [3.8, 4) is 11.5 Å². The maximum atomic E-state index is 11.5. The lowest BCUT2D eigenvalue weighted by atomic mass is 10.3. The zero-order valence-corrected chi connectivity index (χ0v) is 15.5. The number of nitrogens with two attached hydrogens (primary N) is 1. The van der Waals surface area contributed by atoms with E-state index in [0.29, 0.717) is 23.8 Å². The molecule has 2 N–H and O–H groups in total. The Kier molecular flexibility index (Phi) is 8.92. The Bertz CT molecular complexity index is 775. The highest BCUT2D eigenvalue weighted by Gasteiger charge is 2.20. The number of esters is 1. The third-order valence-corrected chi connectivity index (χ3v) is 3.78. The van der Waals surface area contributed by atoms with Gasteiger partial charge in [0.05, 0.1) is 24.2 Å². The van der Waals surface area contributed by atoms with E-state index in [4.69, 9.17) is 14.9 Å². The monoisotopic (exact) mass is 402 g/mol. The van der Waals surface area contributed by atoms with Crippen molar-refractivity contribution < 1.29 is 18.7 Å². The minimum absolute atomic E-state index is 0. The lowest BCUT2D eigenvalue weighted by Gasteiger charge is -1.98. The highest BCUT2D eigenvalue weighted by molar-refractivity contribution is 7.08. The van der Waals surface area contributed by atoms with E-state index in [9.17, 15) is 9.59 Å². The Hall–Kier alpha value is -2.14. The maximum Gasteiger partial charge on any atom is 0.361 e. The summed E-state index contributed by atoms with van der Waals surface area (Å²) in [7, 11) is 0. The summed E-state index contributed by atoms with van der Waals surface area (Å²) in [5, 5.41) is 3.47. The summed E-state index contributed by atoms with van der Waals surface area (Å²) in [5.74, 6) is -0.236. The number of thiazole rings is 2. The molecule has 3 aromatic rings. The Morgan fingerprint density at radius 1 is 1.20 bits per heavy atom. The topological polar surface area (TPSA) is 121 Å². The first kappa shape index (κ1) is 20.9. The number of Topliss-reactive ketones (excluding diaryl/α,β-unsaturated/α-hetero) is 1. The van der Waals surface area contributed by atoms with Gasteiger partial charge >= 0.3 is 5.97 Å². The molecule has 0 fully saturated rings. The molecule has 0 atom stereocenters. The third kappa shape index (κ3) is 5.71. The Morgan fingerprint density at radius 2 is 1.92 bits per heavy atom. The summed E-state index contributed by atoms with van der Waals surface area (Å²) in [6, 6.07) is 0. The van der Waals surface area contributed by atoms with Gasteiger partial charge in [0, 0.05) is 10.8 Å². The Morgan fingerprint density at radius 3 is 2.48 bits per heavy atom. The predicted molar refractivity (Wildman–Crippen MR) is 96.3 cm³/mol. The van der Waals surface area contributed by atoms with Crippen molar-refractivity contribution in [3.05, 3.63) is 39.6 Å². The molecule has 0 aliphatic carbocycles. The van der Waals surface area contributed by atoms with E-state index >= 15 is 0 Å². The molecule has 25 heavy (non-hydrogen) atoms. The molecule has 0 saturated heterocycles. The number of ketones is 1. The second kappa shape index (κ2) is 10.7. The quantitative estimate of drug-likeness (QED) is 0.510. The SMILES string of the molecule is CCOC(=O)c1ncoc1-c1cscn1.Cl.NCC(=O)c1cscn1. The van der Waals surface area contributed by atoms with Crippen LogP contribution in [-0.4, -0.2) is 39.9 Å². The van der Waals surface area contributed by atoms with Crippen LogP contribution in [0, 0.1) is 0 Å². The van der Waals surface area contributed by atoms with Crippen molar-refractivity contribution in [2.24, 2.45) is 5.73 Å². The van der Waals surface area contributed by atoms with Crippen LogP contribution in [0.4, 0.5) is 0 Å². The van der Waals surface area contributed by atoms with Crippen LogP contribution in [0.5, 0.6) is 0 Å². The van der Waals surface area contributed by atoms with Gasteiger partial charge in [0.1, 0.15) is 11.4 Å². The average molecular weight is 403 g/mol. The molecule has 3 aromatic heterocycles. The summed E-state index contributed by atoms with van der Waals surface area (Å²) in [5.41, 5.74) is 9.59. The van der Waals surface area contributed by atoms with Crippen LogP contribution in [0.3, 0.4) is 0 Å². The largest absolute Gasteiger partial charge is 0.461 e. The zero-order valence-electron chi connectivity index (χ0n) is 13.1. The Balaban J connectivity index is 0.000000270. The number of hydrogen-bond donors (Lipinski definition) is 1. The number of halogens is 1. The van der Waals surface area contributed by atoms with Gasteiger partial charge < -0.3 is 14.9 Å². The van der Waals surface area contributed by atoms with Gasteiger partial charge in [-0.15, -0.1) is 35.1 Å². The average Bonchev–Trinajstić information content (AvgIpc) is 3.36. The first-order chi connectivity index (χ1) is 11.7. The number of rotatable bonds is 5.